The van der Waals surface area contributed by atoms with Crippen LogP contribution in [0.5, 0.6) is 0 Å². The predicted octanol–water partition coefficient (Wildman–Crippen LogP) is 1.99. The highest BCUT2D eigenvalue weighted by atomic mass is 16.2. The highest BCUT2D eigenvalue weighted by Crippen LogP contribution is 2.29. The lowest BCUT2D eigenvalue weighted by molar-refractivity contribution is -0.122. The van der Waals surface area contributed by atoms with Crippen LogP contribution in [0.1, 0.15) is 30.0 Å². The minimum atomic E-state index is -0.301. The minimum Gasteiger partial charge on any atom is -0.348 e. The maximum atomic E-state index is 12.4. The lowest BCUT2D eigenvalue weighted by Gasteiger charge is -2.26. The SMILES string of the molecule is O=C(Cn1nnc2ccccc2c1=O)N[C@@H]1CCCc2ccccc21. The number of nitrogens with one attached hydrogen (secondary N) is 1. The molecule has 0 bridgehead atoms. The van der Waals surface area contributed by atoms with Gasteiger partial charge in [-0.3, -0.25) is 9.59 Å². The molecule has 0 spiro atoms. The van der Waals surface area contributed by atoms with Gasteiger partial charge in [-0.2, -0.15) is 0 Å². The van der Waals surface area contributed by atoms with Gasteiger partial charge in [0.25, 0.3) is 5.56 Å². The van der Waals surface area contributed by atoms with Gasteiger partial charge < -0.3 is 5.32 Å². The smallest absolute Gasteiger partial charge is 0.278 e. The molecule has 1 aliphatic rings. The Labute approximate surface area is 144 Å². The summed E-state index contributed by atoms with van der Waals surface area (Å²) in [5.74, 6) is -0.228. The van der Waals surface area contributed by atoms with Crippen LogP contribution in [0.3, 0.4) is 0 Å². The number of aryl methyl sites for hydroxylation is 1. The fourth-order valence-electron chi connectivity index (χ4n) is 3.41. The molecule has 4 rings (SSSR count). The molecule has 1 aromatic heterocycles. The van der Waals surface area contributed by atoms with Gasteiger partial charge in [0.1, 0.15) is 12.1 Å². The number of aromatic nitrogens is 3. The molecule has 6 nitrogen and oxygen atoms in total. The van der Waals surface area contributed by atoms with E-state index in [1.165, 1.54) is 11.1 Å². The molecule has 1 heterocycles. The number of hydrogen-bond donors (Lipinski definition) is 1. The Hall–Kier alpha value is -3.02. The lowest BCUT2D eigenvalue weighted by Crippen LogP contribution is -2.37. The van der Waals surface area contributed by atoms with Crippen LogP contribution >= 0.6 is 0 Å². The maximum absolute atomic E-state index is 12.4. The number of nitrogens with zero attached hydrogens (tertiary/aromatic N) is 3. The standard InChI is InChI=1S/C19H18N4O2/c24-18(20-16-11-5-7-13-6-1-2-8-14(13)16)12-23-19(25)15-9-3-4-10-17(15)21-22-23/h1-4,6,8-10,16H,5,7,11-12H2,(H,20,24)/t16-/m1/s1. The van der Waals surface area contributed by atoms with Crippen molar-refractivity contribution in [3.63, 3.8) is 0 Å². The normalized spacial score (nSPS) is 16.4. The van der Waals surface area contributed by atoms with E-state index < -0.39 is 0 Å². The highest BCUT2D eigenvalue weighted by Gasteiger charge is 2.21. The molecule has 0 unspecified atom stereocenters. The fourth-order valence-corrected chi connectivity index (χ4v) is 3.41. The third kappa shape index (κ3) is 3.03. The van der Waals surface area contributed by atoms with Crippen LogP contribution in [-0.2, 0) is 17.8 Å². The monoisotopic (exact) mass is 334 g/mol. The summed E-state index contributed by atoms with van der Waals surface area (Å²) < 4.78 is 1.12. The molecule has 1 N–H and O–H groups in total. The Bertz CT molecular complexity index is 996. The number of benzene rings is 2. The van der Waals surface area contributed by atoms with Crippen molar-refractivity contribution >= 4 is 16.8 Å². The Morgan fingerprint density at radius 2 is 1.96 bits per heavy atom. The Balaban J connectivity index is 1.54. The molecule has 0 saturated heterocycles. The minimum absolute atomic E-state index is 0.0124. The van der Waals surface area contributed by atoms with E-state index in [0.717, 1.165) is 23.9 Å². The average Bonchev–Trinajstić information content (AvgIpc) is 2.65. The van der Waals surface area contributed by atoms with Gasteiger partial charge in [0, 0.05) is 0 Å². The number of carbonyl (C=O) groups excluding carboxylic acids is 1. The number of carbonyl (C=O) groups is 1. The number of hydrogen-bond acceptors (Lipinski definition) is 4. The number of rotatable bonds is 3. The van der Waals surface area contributed by atoms with Crippen LogP contribution in [-0.4, -0.2) is 20.9 Å². The summed E-state index contributed by atoms with van der Waals surface area (Å²) in [5.41, 5.74) is 2.68. The molecular weight excluding hydrogens is 316 g/mol. The highest BCUT2D eigenvalue weighted by molar-refractivity contribution is 5.78. The van der Waals surface area contributed by atoms with Crippen LogP contribution in [0, 0.1) is 0 Å². The zero-order chi connectivity index (χ0) is 17.2. The predicted molar refractivity (Wildman–Crippen MR) is 94.1 cm³/mol. The average molecular weight is 334 g/mol. The first-order valence-corrected chi connectivity index (χ1v) is 8.42. The van der Waals surface area contributed by atoms with Crippen LogP contribution in [0.25, 0.3) is 10.9 Å². The molecule has 1 atom stereocenters. The molecule has 6 heteroatoms. The maximum Gasteiger partial charge on any atom is 0.278 e. The Kier molecular flexibility index (Phi) is 4.01. The van der Waals surface area contributed by atoms with Gasteiger partial charge in [0.05, 0.1) is 11.4 Å². The van der Waals surface area contributed by atoms with Crippen molar-refractivity contribution in [2.75, 3.05) is 0 Å². The quantitative estimate of drug-likeness (QED) is 0.795. The summed E-state index contributed by atoms with van der Waals surface area (Å²) in [6.45, 7) is -0.130. The molecule has 25 heavy (non-hydrogen) atoms. The summed E-state index contributed by atoms with van der Waals surface area (Å²) in [6.07, 6.45) is 2.98. The molecule has 0 aliphatic heterocycles. The van der Waals surface area contributed by atoms with Crippen LogP contribution in [0.4, 0.5) is 0 Å². The molecule has 0 fully saturated rings. The second-order valence-electron chi connectivity index (χ2n) is 6.28. The van der Waals surface area contributed by atoms with Crippen molar-refractivity contribution in [2.24, 2.45) is 0 Å². The van der Waals surface area contributed by atoms with Gasteiger partial charge in [-0.25, -0.2) is 4.68 Å². The Morgan fingerprint density at radius 1 is 1.16 bits per heavy atom. The van der Waals surface area contributed by atoms with Crippen LogP contribution in [0.2, 0.25) is 0 Å². The molecule has 3 aromatic rings. The van der Waals surface area contributed by atoms with E-state index in [9.17, 15) is 9.59 Å². The fraction of sp³-hybridized carbons (Fsp3) is 0.263. The molecule has 0 radical (unpaired) electrons. The second kappa shape index (κ2) is 6.47. The third-order valence-corrected chi connectivity index (χ3v) is 4.63. The molecule has 126 valence electrons. The van der Waals surface area contributed by atoms with Gasteiger partial charge in [-0.1, -0.05) is 41.6 Å². The molecule has 2 aromatic carbocycles. The van der Waals surface area contributed by atoms with Gasteiger partial charge in [-0.15, -0.1) is 5.10 Å². The first-order chi connectivity index (χ1) is 12.2. The molecule has 0 saturated carbocycles. The van der Waals surface area contributed by atoms with Crippen molar-refractivity contribution in [2.45, 2.75) is 31.8 Å². The first-order valence-electron chi connectivity index (χ1n) is 8.42. The summed E-state index contributed by atoms with van der Waals surface area (Å²) >= 11 is 0. The second-order valence-corrected chi connectivity index (χ2v) is 6.28. The molecular formula is C19H18N4O2. The number of amides is 1. The Morgan fingerprint density at radius 3 is 2.88 bits per heavy atom. The molecule has 1 aliphatic carbocycles. The van der Waals surface area contributed by atoms with E-state index in [0.29, 0.717) is 10.9 Å². The van der Waals surface area contributed by atoms with E-state index in [1.807, 2.05) is 12.1 Å². The van der Waals surface area contributed by atoms with E-state index in [1.54, 1.807) is 24.3 Å². The topological polar surface area (TPSA) is 76.9 Å². The van der Waals surface area contributed by atoms with Gasteiger partial charge in [0.15, 0.2) is 0 Å². The van der Waals surface area contributed by atoms with Crippen molar-refractivity contribution in [3.8, 4) is 0 Å². The largest absolute Gasteiger partial charge is 0.348 e. The first kappa shape index (κ1) is 15.5. The lowest BCUT2D eigenvalue weighted by atomic mass is 9.88. The van der Waals surface area contributed by atoms with Gasteiger partial charge in [0.2, 0.25) is 5.91 Å². The van der Waals surface area contributed by atoms with E-state index in [4.69, 9.17) is 0 Å². The van der Waals surface area contributed by atoms with E-state index >= 15 is 0 Å². The van der Waals surface area contributed by atoms with Crippen LogP contribution in [0.15, 0.2) is 53.3 Å². The summed E-state index contributed by atoms with van der Waals surface area (Å²) in [7, 11) is 0. The van der Waals surface area contributed by atoms with Crippen molar-refractivity contribution in [1.82, 2.24) is 20.3 Å². The zero-order valence-electron chi connectivity index (χ0n) is 13.7. The number of fused-ring (bicyclic) bond motifs is 2. The summed E-state index contributed by atoms with van der Waals surface area (Å²) in [6, 6.07) is 15.2. The van der Waals surface area contributed by atoms with Gasteiger partial charge in [-0.05, 0) is 42.5 Å². The summed E-state index contributed by atoms with van der Waals surface area (Å²) in [4.78, 5) is 24.9. The zero-order valence-corrected chi connectivity index (χ0v) is 13.7. The van der Waals surface area contributed by atoms with Crippen LogP contribution < -0.4 is 10.9 Å². The van der Waals surface area contributed by atoms with Crippen molar-refractivity contribution in [1.29, 1.82) is 0 Å². The van der Waals surface area contributed by atoms with Crippen molar-refractivity contribution < 1.29 is 4.79 Å². The molecule has 1 amide bonds. The van der Waals surface area contributed by atoms with Crippen molar-refractivity contribution in [3.05, 3.63) is 70.0 Å². The van der Waals surface area contributed by atoms with E-state index in [-0.39, 0.29) is 24.1 Å². The summed E-state index contributed by atoms with van der Waals surface area (Å²) in [5, 5.41) is 11.4. The third-order valence-electron chi connectivity index (χ3n) is 4.63. The van der Waals surface area contributed by atoms with E-state index in [2.05, 4.69) is 27.8 Å². The van der Waals surface area contributed by atoms with Gasteiger partial charge >= 0.3 is 0 Å².